The molecule has 27 heavy (non-hydrogen) atoms. The predicted molar refractivity (Wildman–Crippen MR) is 105 cm³/mol. The van der Waals surface area contributed by atoms with Crippen LogP contribution < -0.4 is 18.9 Å². The fraction of sp³-hybridized carbons (Fsp3) is 0.350. The number of para-hydroxylation sites is 1. The Kier molecular flexibility index (Phi) is 6.34. The Morgan fingerprint density at radius 3 is 2.41 bits per heavy atom. The van der Waals surface area contributed by atoms with Gasteiger partial charge in [0, 0.05) is 5.56 Å². The highest BCUT2D eigenvalue weighted by Crippen LogP contribution is 2.45. The second-order valence-electron chi connectivity index (χ2n) is 5.86. The molecule has 1 fully saturated rings. The van der Waals surface area contributed by atoms with Crippen LogP contribution in [0.4, 0.5) is 0 Å². The zero-order valence-corrected chi connectivity index (χ0v) is 16.5. The largest absolute Gasteiger partial charge is 0.497 e. The Morgan fingerprint density at radius 1 is 1.00 bits per heavy atom. The highest BCUT2D eigenvalue weighted by molar-refractivity contribution is 8.00. The second kappa shape index (κ2) is 8.90. The van der Waals surface area contributed by atoms with Crippen molar-refractivity contribution in [3.05, 3.63) is 48.0 Å². The van der Waals surface area contributed by atoms with E-state index in [2.05, 4.69) is 0 Å². The Hall–Kier alpha value is -2.54. The van der Waals surface area contributed by atoms with Gasteiger partial charge in [0.1, 0.15) is 23.5 Å². The number of carbonyl (C=O) groups is 1. The maximum absolute atomic E-state index is 12.4. The molecule has 0 spiro atoms. The van der Waals surface area contributed by atoms with E-state index in [-0.39, 0.29) is 11.3 Å². The van der Waals surface area contributed by atoms with Crippen molar-refractivity contribution in [2.45, 2.75) is 5.37 Å². The molecule has 2 aromatic carbocycles. The third kappa shape index (κ3) is 4.24. The van der Waals surface area contributed by atoms with Crippen LogP contribution in [0.1, 0.15) is 10.9 Å². The quantitative estimate of drug-likeness (QED) is 0.690. The lowest BCUT2D eigenvalue weighted by Crippen LogP contribution is -2.32. The predicted octanol–water partition coefficient (Wildman–Crippen LogP) is 3.37. The van der Waals surface area contributed by atoms with E-state index in [1.807, 2.05) is 47.4 Å². The van der Waals surface area contributed by atoms with Gasteiger partial charge >= 0.3 is 0 Å². The van der Waals surface area contributed by atoms with Gasteiger partial charge < -0.3 is 23.8 Å². The number of amides is 1. The van der Waals surface area contributed by atoms with Gasteiger partial charge in [-0.2, -0.15) is 0 Å². The van der Waals surface area contributed by atoms with Gasteiger partial charge in [-0.1, -0.05) is 12.1 Å². The minimum atomic E-state index is -0.123. The van der Waals surface area contributed by atoms with Crippen molar-refractivity contribution >= 4 is 17.7 Å². The first kappa shape index (κ1) is 19.2. The molecular formula is C20H23NO5S. The molecule has 1 aliphatic heterocycles. The van der Waals surface area contributed by atoms with E-state index in [4.69, 9.17) is 18.9 Å². The van der Waals surface area contributed by atoms with Crippen LogP contribution in [0.5, 0.6) is 23.0 Å². The Labute approximate surface area is 163 Å². The minimum Gasteiger partial charge on any atom is -0.497 e. The number of hydrogen-bond acceptors (Lipinski definition) is 6. The maximum Gasteiger partial charge on any atom is 0.233 e. The third-order valence-electron chi connectivity index (χ3n) is 4.33. The highest BCUT2D eigenvalue weighted by atomic mass is 32.2. The average molecular weight is 389 g/mol. The van der Waals surface area contributed by atoms with Crippen LogP contribution in [0.15, 0.2) is 42.5 Å². The molecule has 0 bridgehead atoms. The van der Waals surface area contributed by atoms with Gasteiger partial charge in [0.25, 0.3) is 0 Å². The number of ether oxygens (including phenoxy) is 4. The Morgan fingerprint density at radius 2 is 1.74 bits per heavy atom. The molecule has 1 saturated heterocycles. The van der Waals surface area contributed by atoms with E-state index in [1.54, 1.807) is 33.1 Å². The molecule has 3 rings (SSSR count). The lowest BCUT2D eigenvalue weighted by Gasteiger charge is -2.26. The molecular weight excluding hydrogens is 366 g/mol. The zero-order valence-electron chi connectivity index (χ0n) is 15.6. The summed E-state index contributed by atoms with van der Waals surface area (Å²) < 4.78 is 21.8. The minimum absolute atomic E-state index is 0.0909. The Balaban J connectivity index is 1.69. The van der Waals surface area contributed by atoms with Crippen molar-refractivity contribution in [1.29, 1.82) is 0 Å². The number of nitrogens with zero attached hydrogens (tertiary/aromatic N) is 1. The molecule has 1 atom stereocenters. The second-order valence-corrected chi connectivity index (χ2v) is 6.93. The number of methoxy groups -OCH3 is 3. The summed E-state index contributed by atoms with van der Waals surface area (Å²) in [5.41, 5.74) is 0.928. The summed E-state index contributed by atoms with van der Waals surface area (Å²) in [6.07, 6.45) is 0. The lowest BCUT2D eigenvalue weighted by atomic mass is 10.1. The number of thioether (sulfide) groups is 1. The highest BCUT2D eigenvalue weighted by Gasteiger charge is 2.35. The van der Waals surface area contributed by atoms with E-state index in [0.717, 1.165) is 17.1 Å². The van der Waals surface area contributed by atoms with Crippen LogP contribution >= 0.6 is 11.8 Å². The fourth-order valence-corrected chi connectivity index (χ4v) is 4.23. The smallest absolute Gasteiger partial charge is 0.233 e. The van der Waals surface area contributed by atoms with Crippen LogP contribution in [-0.2, 0) is 4.79 Å². The number of hydrogen-bond donors (Lipinski definition) is 0. The summed E-state index contributed by atoms with van der Waals surface area (Å²) in [5.74, 6) is 3.36. The molecule has 7 heteroatoms. The summed E-state index contributed by atoms with van der Waals surface area (Å²) in [6.45, 7) is 0.893. The van der Waals surface area contributed by atoms with E-state index in [1.165, 1.54) is 0 Å². The molecule has 0 aromatic heterocycles. The maximum atomic E-state index is 12.4. The van der Waals surface area contributed by atoms with Crippen LogP contribution in [0.2, 0.25) is 0 Å². The van der Waals surface area contributed by atoms with Crippen LogP contribution in [-0.4, -0.2) is 51.0 Å². The molecule has 1 amide bonds. The topological polar surface area (TPSA) is 57.2 Å². The van der Waals surface area contributed by atoms with Crippen molar-refractivity contribution in [1.82, 2.24) is 4.90 Å². The fourth-order valence-electron chi connectivity index (χ4n) is 2.99. The lowest BCUT2D eigenvalue weighted by molar-refractivity contribution is -0.128. The standard InChI is InChI=1S/C20H23NO5S/c1-23-14-7-9-15(10-8-14)26-12-11-21-18(22)13-27-20(21)16-5-4-6-17(24-2)19(16)25-3/h4-10,20H,11-13H2,1-3H3. The van der Waals surface area contributed by atoms with Gasteiger partial charge in [0.05, 0.1) is 33.6 Å². The number of benzene rings is 2. The van der Waals surface area contributed by atoms with Crippen molar-refractivity contribution < 1.29 is 23.7 Å². The zero-order chi connectivity index (χ0) is 19.2. The van der Waals surface area contributed by atoms with Crippen LogP contribution in [0.25, 0.3) is 0 Å². The molecule has 0 radical (unpaired) electrons. The number of rotatable bonds is 8. The molecule has 0 aliphatic carbocycles. The van der Waals surface area contributed by atoms with Crippen LogP contribution in [0, 0.1) is 0 Å². The third-order valence-corrected chi connectivity index (χ3v) is 5.57. The molecule has 0 saturated carbocycles. The molecule has 0 N–H and O–H groups in total. The van der Waals surface area contributed by atoms with E-state index in [9.17, 15) is 4.79 Å². The molecule has 144 valence electrons. The monoisotopic (exact) mass is 389 g/mol. The first-order chi connectivity index (χ1) is 13.2. The average Bonchev–Trinajstić information content (AvgIpc) is 3.08. The first-order valence-corrected chi connectivity index (χ1v) is 9.61. The molecule has 1 aliphatic rings. The number of carbonyl (C=O) groups excluding carboxylic acids is 1. The molecule has 1 heterocycles. The van der Waals surface area contributed by atoms with Gasteiger partial charge in [-0.05, 0) is 30.3 Å². The summed E-state index contributed by atoms with van der Waals surface area (Å²) in [4.78, 5) is 14.2. The van der Waals surface area contributed by atoms with Crippen molar-refractivity contribution in [2.24, 2.45) is 0 Å². The summed E-state index contributed by atoms with van der Waals surface area (Å²) in [7, 11) is 4.84. The van der Waals surface area contributed by atoms with E-state index >= 15 is 0 Å². The van der Waals surface area contributed by atoms with Gasteiger partial charge in [0.2, 0.25) is 5.91 Å². The molecule has 1 unspecified atom stereocenters. The van der Waals surface area contributed by atoms with E-state index < -0.39 is 0 Å². The summed E-state index contributed by atoms with van der Waals surface area (Å²) >= 11 is 1.58. The SMILES string of the molecule is COc1ccc(OCCN2C(=O)CSC2c2cccc(OC)c2OC)cc1. The van der Waals surface area contributed by atoms with Gasteiger partial charge in [-0.15, -0.1) is 11.8 Å². The molecule has 6 nitrogen and oxygen atoms in total. The van der Waals surface area contributed by atoms with Gasteiger partial charge in [0.15, 0.2) is 11.5 Å². The van der Waals surface area contributed by atoms with E-state index in [0.29, 0.717) is 30.4 Å². The molecule has 2 aromatic rings. The first-order valence-electron chi connectivity index (χ1n) is 8.56. The Bertz CT molecular complexity index is 780. The summed E-state index contributed by atoms with van der Waals surface area (Å²) in [5, 5.41) is -0.123. The van der Waals surface area contributed by atoms with Gasteiger partial charge in [-0.3, -0.25) is 4.79 Å². The van der Waals surface area contributed by atoms with Gasteiger partial charge in [-0.25, -0.2) is 0 Å². The van der Waals surface area contributed by atoms with Crippen molar-refractivity contribution in [2.75, 3.05) is 40.2 Å². The van der Waals surface area contributed by atoms with Crippen molar-refractivity contribution in [3.63, 3.8) is 0 Å². The summed E-state index contributed by atoms with van der Waals surface area (Å²) in [6, 6.07) is 13.1. The van der Waals surface area contributed by atoms with Crippen molar-refractivity contribution in [3.8, 4) is 23.0 Å². The normalized spacial score (nSPS) is 16.3. The van der Waals surface area contributed by atoms with Crippen LogP contribution in [0.3, 0.4) is 0 Å².